The van der Waals surface area contributed by atoms with Crippen LogP contribution in [0.3, 0.4) is 0 Å². The van der Waals surface area contributed by atoms with Crippen LogP contribution in [-0.2, 0) is 13.1 Å². The first kappa shape index (κ1) is 24.7. The molecule has 1 aliphatic rings. The lowest BCUT2D eigenvalue weighted by molar-refractivity contribution is 0.131. The van der Waals surface area contributed by atoms with Crippen molar-refractivity contribution in [2.45, 2.75) is 20.0 Å². The van der Waals surface area contributed by atoms with Gasteiger partial charge in [-0.15, -0.1) is 24.0 Å². The number of hydrogen-bond acceptors (Lipinski definition) is 4. The highest BCUT2D eigenvalue weighted by Gasteiger charge is 2.16. The van der Waals surface area contributed by atoms with Gasteiger partial charge in [-0.05, 0) is 35.9 Å². The van der Waals surface area contributed by atoms with Crippen molar-refractivity contribution in [1.82, 2.24) is 9.80 Å². The van der Waals surface area contributed by atoms with Crippen LogP contribution in [0.1, 0.15) is 18.1 Å². The fraction of sp³-hybridized carbons (Fsp3) is 0.409. The minimum Gasteiger partial charge on any atom is -0.495 e. The second-order valence-electron chi connectivity index (χ2n) is 7.15. The number of nitrogens with one attached hydrogen (secondary N) is 1. The molecule has 1 heterocycles. The molecule has 0 aromatic heterocycles. The van der Waals surface area contributed by atoms with Gasteiger partial charge in [0.1, 0.15) is 5.75 Å². The molecule has 6 nitrogen and oxygen atoms in total. The minimum absolute atomic E-state index is 0. The molecule has 1 aliphatic heterocycles. The Morgan fingerprint density at radius 3 is 2.40 bits per heavy atom. The number of methoxy groups -OCH3 is 1. The fourth-order valence-corrected chi connectivity index (χ4v) is 3.73. The van der Waals surface area contributed by atoms with Crippen molar-refractivity contribution in [1.29, 1.82) is 0 Å². The SMILES string of the molecule is CCN1CCN(Cc2ccccc2CN=C(N)Nc2ccc(OC)c(Cl)c2)CC1.I. The number of rotatable bonds is 7. The molecule has 0 atom stereocenters. The third-order valence-electron chi connectivity index (χ3n) is 5.27. The Balaban J connectivity index is 0.00000320. The average Bonchev–Trinajstić information content (AvgIpc) is 2.74. The lowest BCUT2D eigenvalue weighted by Gasteiger charge is -2.34. The van der Waals surface area contributed by atoms with Gasteiger partial charge in [0, 0.05) is 38.4 Å². The molecule has 8 heteroatoms. The third-order valence-corrected chi connectivity index (χ3v) is 5.56. The summed E-state index contributed by atoms with van der Waals surface area (Å²) >= 11 is 6.16. The second kappa shape index (κ2) is 12.3. The van der Waals surface area contributed by atoms with E-state index in [2.05, 4.69) is 51.3 Å². The van der Waals surface area contributed by atoms with Crippen LogP contribution < -0.4 is 15.8 Å². The monoisotopic (exact) mass is 543 g/mol. The van der Waals surface area contributed by atoms with Crippen LogP contribution >= 0.6 is 35.6 Å². The molecule has 0 unspecified atom stereocenters. The maximum absolute atomic E-state index is 6.16. The molecule has 0 saturated carbocycles. The molecule has 164 valence electrons. The molecule has 0 spiro atoms. The average molecular weight is 544 g/mol. The predicted molar refractivity (Wildman–Crippen MR) is 136 cm³/mol. The number of nitrogens with zero attached hydrogens (tertiary/aromatic N) is 3. The summed E-state index contributed by atoms with van der Waals surface area (Å²) in [6.45, 7) is 9.32. The zero-order chi connectivity index (χ0) is 20.6. The number of likely N-dealkylation sites (N-methyl/N-ethyl adjacent to an activating group) is 1. The van der Waals surface area contributed by atoms with Crippen LogP contribution in [0.5, 0.6) is 5.75 Å². The summed E-state index contributed by atoms with van der Waals surface area (Å²) in [6.07, 6.45) is 0. The van der Waals surface area contributed by atoms with Gasteiger partial charge in [0.15, 0.2) is 5.96 Å². The molecule has 30 heavy (non-hydrogen) atoms. The van der Waals surface area contributed by atoms with Crippen molar-refractivity contribution in [2.75, 3.05) is 45.2 Å². The maximum Gasteiger partial charge on any atom is 0.193 e. The summed E-state index contributed by atoms with van der Waals surface area (Å²) in [7, 11) is 1.59. The summed E-state index contributed by atoms with van der Waals surface area (Å²) < 4.78 is 5.17. The van der Waals surface area contributed by atoms with E-state index in [0.717, 1.165) is 45.0 Å². The van der Waals surface area contributed by atoms with Gasteiger partial charge in [-0.3, -0.25) is 4.90 Å². The van der Waals surface area contributed by atoms with E-state index in [4.69, 9.17) is 22.1 Å². The smallest absolute Gasteiger partial charge is 0.193 e. The normalized spacial score (nSPS) is 15.5. The Morgan fingerprint density at radius 2 is 1.77 bits per heavy atom. The number of anilines is 1. The van der Waals surface area contributed by atoms with Crippen LogP contribution in [0.15, 0.2) is 47.5 Å². The molecule has 2 aromatic carbocycles. The molecule has 1 fully saturated rings. The summed E-state index contributed by atoms with van der Waals surface area (Å²) in [5.74, 6) is 0.985. The van der Waals surface area contributed by atoms with E-state index in [1.54, 1.807) is 19.2 Å². The molecule has 0 bridgehead atoms. The van der Waals surface area contributed by atoms with Crippen LogP contribution in [-0.4, -0.2) is 55.6 Å². The number of aliphatic imine (C=N–C) groups is 1. The zero-order valence-electron chi connectivity index (χ0n) is 17.6. The maximum atomic E-state index is 6.16. The van der Waals surface area contributed by atoms with E-state index in [1.165, 1.54) is 11.1 Å². The largest absolute Gasteiger partial charge is 0.495 e. The van der Waals surface area contributed by atoms with Crippen molar-refractivity contribution in [3.05, 3.63) is 58.6 Å². The fourth-order valence-electron chi connectivity index (χ4n) is 3.47. The Bertz CT molecular complexity index is 840. The summed E-state index contributed by atoms with van der Waals surface area (Å²) in [5, 5.41) is 3.61. The van der Waals surface area contributed by atoms with Gasteiger partial charge in [-0.2, -0.15) is 0 Å². The molecular weight excluding hydrogens is 513 g/mol. The zero-order valence-corrected chi connectivity index (χ0v) is 20.7. The topological polar surface area (TPSA) is 66.1 Å². The molecule has 1 saturated heterocycles. The van der Waals surface area contributed by atoms with E-state index in [1.807, 2.05) is 6.07 Å². The standard InChI is InChI=1S/C22H30ClN5O.HI/c1-3-27-10-12-28(13-11-27)16-18-7-5-4-6-17(18)15-25-22(24)26-19-8-9-21(29-2)20(23)14-19;/h4-9,14H,3,10-13,15-16H2,1-2H3,(H3,24,25,26);1H. The summed E-state index contributed by atoms with van der Waals surface area (Å²) in [4.78, 5) is 9.52. The number of piperazine rings is 1. The van der Waals surface area contributed by atoms with Crippen molar-refractivity contribution in [3.63, 3.8) is 0 Å². The van der Waals surface area contributed by atoms with E-state index >= 15 is 0 Å². The van der Waals surface area contributed by atoms with E-state index in [9.17, 15) is 0 Å². The quantitative estimate of drug-likeness (QED) is 0.314. The number of benzene rings is 2. The molecular formula is C22H31ClIN5O. The number of guanidine groups is 1. The first-order chi connectivity index (χ1) is 14.1. The van der Waals surface area contributed by atoms with Crippen molar-refractivity contribution >= 4 is 47.2 Å². The Labute approximate surface area is 201 Å². The Hall–Kier alpha value is -1.55. The van der Waals surface area contributed by atoms with Gasteiger partial charge in [-0.25, -0.2) is 4.99 Å². The van der Waals surface area contributed by atoms with Crippen molar-refractivity contribution in [3.8, 4) is 5.75 Å². The van der Waals surface area contributed by atoms with Crippen LogP contribution in [0.25, 0.3) is 0 Å². The number of hydrogen-bond donors (Lipinski definition) is 2. The molecule has 3 rings (SSSR count). The number of nitrogens with two attached hydrogens (primary N) is 1. The Kier molecular flexibility index (Phi) is 10.2. The van der Waals surface area contributed by atoms with Gasteiger partial charge in [0.2, 0.25) is 0 Å². The van der Waals surface area contributed by atoms with E-state index in [0.29, 0.717) is 23.3 Å². The van der Waals surface area contributed by atoms with Gasteiger partial charge >= 0.3 is 0 Å². The minimum atomic E-state index is 0. The van der Waals surface area contributed by atoms with Gasteiger partial charge < -0.3 is 20.7 Å². The number of halogens is 2. The predicted octanol–water partition coefficient (Wildman–Crippen LogP) is 4.03. The molecule has 0 amide bonds. The molecule has 3 N–H and O–H groups in total. The van der Waals surface area contributed by atoms with Gasteiger partial charge in [0.25, 0.3) is 0 Å². The second-order valence-corrected chi connectivity index (χ2v) is 7.56. The molecule has 0 radical (unpaired) electrons. The van der Waals surface area contributed by atoms with Crippen LogP contribution in [0, 0.1) is 0 Å². The first-order valence-corrected chi connectivity index (χ1v) is 10.4. The lowest BCUT2D eigenvalue weighted by Crippen LogP contribution is -2.45. The summed E-state index contributed by atoms with van der Waals surface area (Å²) in [5.41, 5.74) is 9.37. The first-order valence-electron chi connectivity index (χ1n) is 10.0. The van der Waals surface area contributed by atoms with Gasteiger partial charge in [0.05, 0.1) is 18.7 Å². The van der Waals surface area contributed by atoms with Crippen LogP contribution in [0.2, 0.25) is 5.02 Å². The van der Waals surface area contributed by atoms with Gasteiger partial charge in [-0.1, -0.05) is 42.8 Å². The molecule has 2 aromatic rings. The molecule has 0 aliphatic carbocycles. The van der Waals surface area contributed by atoms with Crippen molar-refractivity contribution < 1.29 is 4.74 Å². The van der Waals surface area contributed by atoms with E-state index < -0.39 is 0 Å². The number of ether oxygens (including phenoxy) is 1. The van der Waals surface area contributed by atoms with E-state index in [-0.39, 0.29) is 24.0 Å². The highest BCUT2D eigenvalue weighted by molar-refractivity contribution is 14.0. The van der Waals surface area contributed by atoms with Crippen LogP contribution in [0.4, 0.5) is 5.69 Å². The summed E-state index contributed by atoms with van der Waals surface area (Å²) in [6, 6.07) is 13.9. The highest BCUT2D eigenvalue weighted by atomic mass is 127. The third kappa shape index (κ3) is 7.01. The lowest BCUT2D eigenvalue weighted by atomic mass is 10.1. The Morgan fingerprint density at radius 1 is 1.10 bits per heavy atom. The highest BCUT2D eigenvalue weighted by Crippen LogP contribution is 2.27. The van der Waals surface area contributed by atoms with Crippen molar-refractivity contribution in [2.24, 2.45) is 10.7 Å².